The van der Waals surface area contributed by atoms with Gasteiger partial charge < -0.3 is 5.32 Å². The summed E-state index contributed by atoms with van der Waals surface area (Å²) in [6.07, 6.45) is 8.26. The van der Waals surface area contributed by atoms with E-state index in [-0.39, 0.29) is 23.8 Å². The van der Waals surface area contributed by atoms with E-state index in [1.807, 2.05) is 0 Å². The monoisotopic (exact) mass is 397 g/mol. The molecule has 29 heavy (non-hydrogen) atoms. The van der Waals surface area contributed by atoms with Crippen LogP contribution in [0.2, 0.25) is 0 Å². The fourth-order valence-corrected chi connectivity index (χ4v) is 3.96. The highest BCUT2D eigenvalue weighted by atomic mass is 19.1. The molecule has 1 saturated carbocycles. The minimum Gasteiger partial charge on any atom is -0.354 e. The second-order valence-electron chi connectivity index (χ2n) is 7.62. The lowest BCUT2D eigenvalue weighted by Crippen LogP contribution is -2.29. The molecule has 0 unspecified atom stereocenters. The van der Waals surface area contributed by atoms with Gasteiger partial charge in [-0.05, 0) is 36.5 Å². The minimum absolute atomic E-state index is 0.0683. The number of aromatic nitrogens is 4. The van der Waals surface area contributed by atoms with E-state index in [2.05, 4.69) is 15.4 Å². The van der Waals surface area contributed by atoms with Crippen molar-refractivity contribution in [3.63, 3.8) is 0 Å². The zero-order valence-electron chi connectivity index (χ0n) is 16.2. The van der Waals surface area contributed by atoms with Crippen molar-refractivity contribution >= 4 is 16.9 Å². The summed E-state index contributed by atoms with van der Waals surface area (Å²) in [4.78, 5) is 29.1. The minimum atomic E-state index is -0.340. The van der Waals surface area contributed by atoms with Crippen LogP contribution in [-0.2, 0) is 17.9 Å². The third-order valence-electron chi connectivity index (χ3n) is 5.46. The first-order valence-electron chi connectivity index (χ1n) is 10.0. The number of halogens is 1. The van der Waals surface area contributed by atoms with E-state index in [1.165, 1.54) is 42.1 Å². The first-order chi connectivity index (χ1) is 14.1. The summed E-state index contributed by atoms with van der Waals surface area (Å²) < 4.78 is 16.4. The Labute approximate surface area is 167 Å². The van der Waals surface area contributed by atoms with Gasteiger partial charge in [0.1, 0.15) is 17.5 Å². The highest BCUT2D eigenvalue weighted by Crippen LogP contribution is 2.27. The second-order valence-corrected chi connectivity index (χ2v) is 7.62. The number of nitrogens with one attached hydrogen (secondary N) is 1. The molecule has 2 heterocycles. The second kappa shape index (κ2) is 8.55. The van der Waals surface area contributed by atoms with E-state index in [0.29, 0.717) is 42.0 Å². The van der Waals surface area contributed by atoms with Gasteiger partial charge in [0.25, 0.3) is 5.56 Å². The Balaban J connectivity index is 1.40. The molecule has 1 aliphatic rings. The lowest BCUT2D eigenvalue weighted by atomic mass is 10.0. The normalized spacial score (nSPS) is 14.5. The maximum Gasteiger partial charge on any atom is 0.264 e. The smallest absolute Gasteiger partial charge is 0.264 e. The molecule has 8 heteroatoms. The van der Waals surface area contributed by atoms with E-state index >= 15 is 0 Å². The summed E-state index contributed by atoms with van der Waals surface area (Å²) in [5, 5.41) is 7.58. The number of hydrogen-bond acceptors (Lipinski definition) is 4. The number of hydrogen-bond donors (Lipinski definition) is 1. The van der Waals surface area contributed by atoms with Gasteiger partial charge in [-0.3, -0.25) is 14.2 Å². The molecule has 0 saturated heterocycles. The fourth-order valence-electron chi connectivity index (χ4n) is 3.96. The molecule has 0 spiro atoms. The average Bonchev–Trinajstić information content (AvgIpc) is 3.34. The van der Waals surface area contributed by atoms with Crippen LogP contribution in [0.1, 0.15) is 37.7 Å². The van der Waals surface area contributed by atoms with Gasteiger partial charge in [-0.25, -0.2) is 14.1 Å². The van der Waals surface area contributed by atoms with Crippen molar-refractivity contribution in [3.05, 3.63) is 58.5 Å². The molecular weight excluding hydrogens is 373 g/mol. The van der Waals surface area contributed by atoms with Crippen molar-refractivity contribution in [1.29, 1.82) is 0 Å². The van der Waals surface area contributed by atoms with Crippen LogP contribution in [0.4, 0.5) is 4.39 Å². The number of carbonyl (C=O) groups is 1. The molecule has 0 atom stereocenters. The molecular formula is C21H24FN5O2. The van der Waals surface area contributed by atoms with E-state index in [9.17, 15) is 14.0 Å². The summed E-state index contributed by atoms with van der Waals surface area (Å²) in [5.41, 5.74) is 0.942. The highest BCUT2D eigenvalue weighted by Gasteiger charge is 2.18. The first-order valence-corrected chi connectivity index (χ1v) is 10.0. The largest absolute Gasteiger partial charge is 0.354 e. The topological polar surface area (TPSA) is 81.8 Å². The summed E-state index contributed by atoms with van der Waals surface area (Å²) in [5.74, 6) is 0.241. The summed E-state index contributed by atoms with van der Waals surface area (Å²) in [7, 11) is 0. The molecule has 0 aliphatic heterocycles. The molecule has 0 bridgehead atoms. The van der Waals surface area contributed by atoms with Crippen LogP contribution in [0.5, 0.6) is 0 Å². The zero-order chi connectivity index (χ0) is 20.2. The van der Waals surface area contributed by atoms with Gasteiger partial charge in [-0.1, -0.05) is 25.0 Å². The van der Waals surface area contributed by atoms with Crippen molar-refractivity contribution in [2.45, 2.75) is 45.2 Å². The Morgan fingerprint density at radius 3 is 2.90 bits per heavy atom. The molecule has 3 aromatic rings. The zero-order valence-corrected chi connectivity index (χ0v) is 16.2. The summed E-state index contributed by atoms with van der Waals surface area (Å²) in [6, 6.07) is 6.14. The highest BCUT2D eigenvalue weighted by molar-refractivity contribution is 5.76. The molecule has 1 amide bonds. The maximum absolute atomic E-state index is 13.4. The standard InChI is InChI=1S/C21H24FN5O2/c22-17-7-3-6-16(10-17)13-26-14-24-20-18(21(26)29)12-25-27(20)9-8-23-19(28)11-15-4-1-2-5-15/h3,6-7,10,12,14-15H,1-2,4-5,8-9,11,13H2,(H,23,28). The van der Waals surface area contributed by atoms with Crippen LogP contribution in [0.15, 0.2) is 41.6 Å². The maximum atomic E-state index is 13.4. The number of carbonyl (C=O) groups excluding carboxylic acids is 1. The number of fused-ring (bicyclic) bond motifs is 1. The van der Waals surface area contributed by atoms with Gasteiger partial charge in [-0.2, -0.15) is 5.10 Å². The van der Waals surface area contributed by atoms with Gasteiger partial charge in [0.05, 0.1) is 19.3 Å². The Bertz CT molecular complexity index is 1070. The SMILES string of the molecule is O=C(CC1CCCC1)NCCn1ncc2c(=O)n(Cc3cccc(F)c3)cnc21. The van der Waals surface area contributed by atoms with Crippen molar-refractivity contribution in [2.24, 2.45) is 5.92 Å². The first kappa shape index (κ1) is 19.3. The molecule has 2 aromatic heterocycles. The number of amides is 1. The van der Waals surface area contributed by atoms with Gasteiger partial charge in [0.15, 0.2) is 5.65 Å². The molecule has 4 rings (SSSR count). The lowest BCUT2D eigenvalue weighted by molar-refractivity contribution is -0.122. The van der Waals surface area contributed by atoms with E-state index in [4.69, 9.17) is 0 Å². The van der Waals surface area contributed by atoms with Gasteiger partial charge >= 0.3 is 0 Å². The molecule has 1 N–H and O–H groups in total. The Morgan fingerprint density at radius 2 is 2.10 bits per heavy atom. The Morgan fingerprint density at radius 1 is 1.28 bits per heavy atom. The predicted octanol–water partition coefficient (Wildman–Crippen LogP) is 2.48. The van der Waals surface area contributed by atoms with Crippen molar-refractivity contribution in [3.8, 4) is 0 Å². The Hall–Kier alpha value is -3.03. The van der Waals surface area contributed by atoms with E-state index in [1.54, 1.807) is 16.8 Å². The average molecular weight is 397 g/mol. The molecule has 1 aromatic carbocycles. The van der Waals surface area contributed by atoms with Crippen LogP contribution in [0.3, 0.4) is 0 Å². The number of benzene rings is 1. The van der Waals surface area contributed by atoms with Crippen LogP contribution in [-0.4, -0.2) is 31.8 Å². The van der Waals surface area contributed by atoms with Crippen molar-refractivity contribution < 1.29 is 9.18 Å². The third kappa shape index (κ3) is 4.52. The molecule has 0 radical (unpaired) electrons. The van der Waals surface area contributed by atoms with E-state index in [0.717, 1.165) is 12.8 Å². The molecule has 1 aliphatic carbocycles. The van der Waals surface area contributed by atoms with Gasteiger partial charge in [0.2, 0.25) is 5.91 Å². The van der Waals surface area contributed by atoms with Crippen LogP contribution >= 0.6 is 0 Å². The van der Waals surface area contributed by atoms with Gasteiger partial charge in [-0.15, -0.1) is 0 Å². The predicted molar refractivity (Wildman–Crippen MR) is 107 cm³/mol. The summed E-state index contributed by atoms with van der Waals surface area (Å²) in [6.45, 7) is 1.12. The lowest BCUT2D eigenvalue weighted by Gasteiger charge is -2.10. The van der Waals surface area contributed by atoms with Crippen molar-refractivity contribution in [1.82, 2.24) is 24.6 Å². The Kier molecular flexibility index (Phi) is 5.69. The fraction of sp³-hybridized carbons (Fsp3) is 0.429. The molecule has 1 fully saturated rings. The molecule has 152 valence electrons. The quantitative estimate of drug-likeness (QED) is 0.664. The van der Waals surface area contributed by atoms with Gasteiger partial charge in [0, 0.05) is 13.0 Å². The number of rotatable bonds is 7. The van der Waals surface area contributed by atoms with Crippen LogP contribution < -0.4 is 10.9 Å². The third-order valence-corrected chi connectivity index (χ3v) is 5.46. The van der Waals surface area contributed by atoms with Crippen LogP contribution in [0.25, 0.3) is 11.0 Å². The van der Waals surface area contributed by atoms with Crippen LogP contribution in [0, 0.1) is 11.7 Å². The number of nitrogens with zero attached hydrogens (tertiary/aromatic N) is 4. The van der Waals surface area contributed by atoms with Crippen molar-refractivity contribution in [2.75, 3.05) is 6.54 Å². The molecule has 7 nitrogen and oxygen atoms in total. The van der Waals surface area contributed by atoms with E-state index < -0.39 is 0 Å². The summed E-state index contributed by atoms with van der Waals surface area (Å²) >= 11 is 0.